The topological polar surface area (TPSA) is 0 Å². The number of thiophene rings is 6. The van der Waals surface area contributed by atoms with Crippen LogP contribution in [-0.2, 0) is 0 Å². The average molecular weight is 1100 g/mol. The van der Waals surface area contributed by atoms with Crippen LogP contribution in [-0.4, -0.2) is 0 Å². The molecule has 0 nitrogen and oxygen atoms in total. The molecule has 1 aliphatic carbocycles. The zero-order chi connectivity index (χ0) is 50.7. The molecule has 0 aliphatic heterocycles. The van der Waals surface area contributed by atoms with Gasteiger partial charge in [-0.2, -0.15) is 0 Å². The maximum Gasteiger partial charge on any atom is 0.0434 e. The first-order chi connectivity index (χ1) is 38.6. The molecule has 1 aliphatic rings. The molecule has 0 saturated carbocycles. The smallest absolute Gasteiger partial charge is 0.0434 e. The third-order valence-corrected chi connectivity index (χ3v) is 23.9. The summed E-state index contributed by atoms with van der Waals surface area (Å²) in [7, 11) is 0. The number of allylic oxidation sites excluding steroid dienone is 1. The van der Waals surface area contributed by atoms with Crippen LogP contribution in [0.4, 0.5) is 0 Å². The molecule has 0 N–H and O–H groups in total. The Labute approximate surface area is 472 Å². The van der Waals surface area contributed by atoms with E-state index >= 15 is 0 Å². The van der Waals surface area contributed by atoms with Crippen LogP contribution in [0.2, 0.25) is 0 Å². The maximum absolute atomic E-state index is 2.45. The van der Waals surface area contributed by atoms with E-state index in [1.54, 1.807) is 0 Å². The van der Waals surface area contributed by atoms with Crippen LogP contribution >= 0.6 is 68.0 Å². The molecule has 0 spiro atoms. The maximum atomic E-state index is 2.45. The van der Waals surface area contributed by atoms with Gasteiger partial charge >= 0.3 is 0 Å². The summed E-state index contributed by atoms with van der Waals surface area (Å²) < 4.78 is 14.8. The Kier molecular flexibility index (Phi) is 9.56. The summed E-state index contributed by atoms with van der Waals surface area (Å²) in [4.78, 5) is 1.50. The fourth-order valence-electron chi connectivity index (χ4n) is 13.1. The largest absolute Gasteiger partial charge is 0.139 e. The Bertz CT molecular complexity index is 5450. The number of hydrogen-bond acceptors (Lipinski definition) is 6. The van der Waals surface area contributed by atoms with Gasteiger partial charge in [-0.15, -0.1) is 68.0 Å². The SMILES string of the molecule is C1=Cc2c(sc3ccccc23)C(c2cccc3sc4cc(-c5ccc6c(c5)sc5cc(-c7cccc8c7sc7ccc(-c9cccc%10c9sc9c(-c%11cccc%12sc%13ccccc%13c%11%12)cccc9%10)cc78)ccc56)ccc4c23)C1. The van der Waals surface area contributed by atoms with Crippen LogP contribution in [0.15, 0.2) is 218 Å². The molecule has 0 amide bonds. The van der Waals surface area contributed by atoms with Gasteiger partial charge in [0.2, 0.25) is 0 Å². The standard InChI is InChI=1S/C72H40S6/c1-3-23-59-45(11-1)50-17-7-18-51(71(50)76-59)48-15-10-26-63-68(48)57-33-28-40(37-66(57)74-63)39-27-31-46-47-32-29-42(38-65(47)75-64(46)36-39)44-14-6-22-55-58-35-41(30-34-61(58)77-69(44)55)43-13-5-20-53-54-21-8-19-52(72(54)78-70(43)53)49-16-9-25-62-67(49)56-12-2-4-24-60(56)73-62/h1-17,19-38,51H,18H2. The Morgan fingerprint density at radius 2 is 0.769 bits per heavy atom. The Morgan fingerprint density at radius 1 is 0.282 bits per heavy atom. The highest BCUT2D eigenvalue weighted by Crippen LogP contribution is 2.51. The van der Waals surface area contributed by atoms with E-state index < -0.39 is 0 Å². The number of benzene rings is 11. The first-order valence-corrected chi connectivity index (χ1v) is 31.4. The second-order valence-corrected chi connectivity index (χ2v) is 27.3. The molecule has 0 fully saturated rings. The molecule has 11 aromatic carbocycles. The zero-order valence-corrected chi connectivity index (χ0v) is 46.5. The van der Waals surface area contributed by atoms with Gasteiger partial charge in [0.05, 0.1) is 0 Å². The molecule has 78 heavy (non-hydrogen) atoms. The first kappa shape index (κ1) is 44.2. The third-order valence-electron chi connectivity index (χ3n) is 16.7. The van der Waals surface area contributed by atoms with E-state index in [0.29, 0.717) is 5.92 Å². The van der Waals surface area contributed by atoms with Crippen LogP contribution in [0.3, 0.4) is 0 Å². The summed E-state index contributed by atoms with van der Waals surface area (Å²) in [5, 5.41) is 14.8. The molecule has 364 valence electrons. The number of hydrogen-bond donors (Lipinski definition) is 0. The lowest BCUT2D eigenvalue weighted by Gasteiger charge is -2.20. The lowest BCUT2D eigenvalue weighted by atomic mass is 9.85. The van der Waals surface area contributed by atoms with E-state index in [1.807, 2.05) is 68.0 Å². The fraction of sp³-hybridized carbons (Fsp3) is 0.0278. The molecule has 6 aromatic heterocycles. The number of rotatable bonds is 5. The van der Waals surface area contributed by atoms with E-state index in [2.05, 4.69) is 224 Å². The molecule has 1 atom stereocenters. The quantitative estimate of drug-likeness (QED) is 0.161. The van der Waals surface area contributed by atoms with Crippen molar-refractivity contribution in [3.63, 3.8) is 0 Å². The van der Waals surface area contributed by atoms with Crippen molar-refractivity contribution in [2.45, 2.75) is 12.3 Å². The Hall–Kier alpha value is -7.78. The summed E-state index contributed by atoms with van der Waals surface area (Å²) in [6.07, 6.45) is 5.78. The predicted molar refractivity (Wildman–Crippen MR) is 350 cm³/mol. The highest BCUT2D eigenvalue weighted by atomic mass is 32.1. The van der Waals surface area contributed by atoms with Crippen molar-refractivity contribution in [2.24, 2.45) is 0 Å². The fourth-order valence-corrected chi connectivity index (χ4v) is 20.5. The van der Waals surface area contributed by atoms with Crippen LogP contribution in [0, 0.1) is 0 Å². The van der Waals surface area contributed by atoms with Crippen molar-refractivity contribution >= 4 is 185 Å². The molecule has 0 bridgehead atoms. The Balaban J connectivity index is 0.687. The van der Waals surface area contributed by atoms with Gasteiger partial charge in [0, 0.05) is 122 Å². The highest BCUT2D eigenvalue weighted by molar-refractivity contribution is 7.28. The monoisotopic (exact) mass is 1100 g/mol. The lowest BCUT2D eigenvalue weighted by Crippen LogP contribution is -2.03. The third kappa shape index (κ3) is 6.47. The van der Waals surface area contributed by atoms with Crippen molar-refractivity contribution in [3.8, 4) is 44.5 Å². The lowest BCUT2D eigenvalue weighted by molar-refractivity contribution is 0.849. The van der Waals surface area contributed by atoms with Gasteiger partial charge in [-0.25, -0.2) is 0 Å². The van der Waals surface area contributed by atoms with E-state index in [4.69, 9.17) is 0 Å². The van der Waals surface area contributed by atoms with E-state index in [9.17, 15) is 0 Å². The molecule has 6 heterocycles. The van der Waals surface area contributed by atoms with Crippen LogP contribution in [0.25, 0.3) is 162 Å². The predicted octanol–water partition coefficient (Wildman–Crippen LogP) is 24.0. The molecule has 18 rings (SSSR count). The minimum atomic E-state index is 0.363. The van der Waals surface area contributed by atoms with E-state index in [0.717, 1.165) is 6.42 Å². The summed E-state index contributed by atoms with van der Waals surface area (Å²) in [6.45, 7) is 0. The van der Waals surface area contributed by atoms with Crippen molar-refractivity contribution < 1.29 is 0 Å². The second kappa shape index (κ2) is 16.9. The highest BCUT2D eigenvalue weighted by Gasteiger charge is 2.26. The van der Waals surface area contributed by atoms with Gasteiger partial charge in [0.1, 0.15) is 0 Å². The summed E-state index contributed by atoms with van der Waals surface area (Å²) in [5.41, 5.74) is 13.2. The molecule has 6 heteroatoms. The van der Waals surface area contributed by atoms with Crippen molar-refractivity contribution in [3.05, 3.63) is 234 Å². The molecule has 17 aromatic rings. The van der Waals surface area contributed by atoms with Crippen LogP contribution in [0.5, 0.6) is 0 Å². The number of fused-ring (bicyclic) bond motifs is 18. The van der Waals surface area contributed by atoms with Gasteiger partial charge in [0.25, 0.3) is 0 Å². The van der Waals surface area contributed by atoms with Gasteiger partial charge < -0.3 is 0 Å². The zero-order valence-electron chi connectivity index (χ0n) is 41.6. The van der Waals surface area contributed by atoms with Crippen LogP contribution in [0.1, 0.15) is 28.3 Å². The molecular formula is C72H40S6. The molecular weight excluding hydrogens is 1060 g/mol. The van der Waals surface area contributed by atoms with Crippen molar-refractivity contribution in [1.82, 2.24) is 0 Å². The van der Waals surface area contributed by atoms with E-state index in [-0.39, 0.29) is 0 Å². The summed E-state index contributed by atoms with van der Waals surface area (Å²) >= 11 is 11.6. The normalized spacial score (nSPS) is 13.9. The minimum Gasteiger partial charge on any atom is -0.139 e. The van der Waals surface area contributed by atoms with Gasteiger partial charge in [-0.05, 0) is 116 Å². The van der Waals surface area contributed by atoms with Gasteiger partial charge in [-0.3, -0.25) is 0 Å². The molecule has 0 saturated heterocycles. The van der Waals surface area contributed by atoms with Crippen molar-refractivity contribution in [1.29, 1.82) is 0 Å². The van der Waals surface area contributed by atoms with Crippen LogP contribution < -0.4 is 0 Å². The first-order valence-electron chi connectivity index (χ1n) is 26.5. The minimum absolute atomic E-state index is 0.363. The molecule has 1 unspecified atom stereocenters. The van der Waals surface area contributed by atoms with Crippen molar-refractivity contribution in [2.75, 3.05) is 0 Å². The van der Waals surface area contributed by atoms with Gasteiger partial charge in [0.15, 0.2) is 0 Å². The average Bonchev–Trinajstić information content (AvgIpc) is 4.53. The van der Waals surface area contributed by atoms with Gasteiger partial charge in [-0.1, -0.05) is 170 Å². The Morgan fingerprint density at radius 3 is 1.55 bits per heavy atom. The molecule has 0 radical (unpaired) electrons. The summed E-state index contributed by atoms with van der Waals surface area (Å²) in [6, 6.07) is 80.8. The summed E-state index contributed by atoms with van der Waals surface area (Å²) in [5.74, 6) is 0.363. The second-order valence-electron chi connectivity index (χ2n) is 20.9. The van der Waals surface area contributed by atoms with E-state index in [1.165, 1.54) is 171 Å².